The standard InChI is InChI=1S/CF3N3O/c2-1(3,4)8-7-6-5. The molecule has 0 heterocycles. The van der Waals surface area contributed by atoms with Crippen LogP contribution >= 0.6 is 0 Å². The molecular weight excluding hydrogens is 127 g/mol. The van der Waals surface area contributed by atoms with E-state index in [0.29, 0.717) is 0 Å². The highest BCUT2D eigenvalue weighted by Gasteiger charge is 2.29. The maximum Gasteiger partial charge on any atom is 0.579 e. The van der Waals surface area contributed by atoms with Crippen molar-refractivity contribution >= 4 is 0 Å². The second kappa shape index (κ2) is 2.27. The molecule has 0 saturated heterocycles. The maximum atomic E-state index is 10.8. The van der Waals surface area contributed by atoms with Crippen LogP contribution in [0.3, 0.4) is 0 Å². The maximum absolute atomic E-state index is 10.8. The molecule has 0 radical (unpaired) electrons. The van der Waals surface area contributed by atoms with Crippen LogP contribution in [0, 0.1) is 0 Å². The van der Waals surface area contributed by atoms with E-state index < -0.39 is 6.36 Å². The summed E-state index contributed by atoms with van der Waals surface area (Å²) in [4.78, 5) is 4.29. The Bertz CT molecular complexity index is 112. The number of hydrogen-bond donors (Lipinski definition) is 0. The van der Waals surface area contributed by atoms with Crippen molar-refractivity contribution in [2.45, 2.75) is 6.36 Å². The van der Waals surface area contributed by atoms with Crippen molar-refractivity contribution in [3.05, 3.63) is 10.4 Å². The number of halogens is 3. The topological polar surface area (TPSA) is 58.0 Å². The zero-order valence-electron chi connectivity index (χ0n) is 3.38. The fourth-order valence-electron chi connectivity index (χ4n) is 0.0645. The third-order valence-corrected chi connectivity index (χ3v) is 0.181. The molecule has 0 aromatic rings. The predicted octanol–water partition coefficient (Wildman–Crippen LogP) is 1.75. The van der Waals surface area contributed by atoms with Crippen LogP contribution < -0.4 is 0 Å². The first-order valence-electron chi connectivity index (χ1n) is 1.35. The Kier molecular flexibility index (Phi) is 1.96. The van der Waals surface area contributed by atoms with E-state index in [1.807, 2.05) is 0 Å². The van der Waals surface area contributed by atoms with E-state index in [9.17, 15) is 13.2 Å². The normalized spacial score (nSPS) is 9.88. The van der Waals surface area contributed by atoms with Crippen LogP contribution in [0.25, 0.3) is 10.4 Å². The van der Waals surface area contributed by atoms with Gasteiger partial charge in [-0.25, -0.2) is 0 Å². The molecule has 0 aromatic carbocycles. The van der Waals surface area contributed by atoms with Crippen molar-refractivity contribution in [1.82, 2.24) is 0 Å². The fraction of sp³-hybridized carbons (Fsp3) is 1.00. The molecule has 0 amide bonds. The van der Waals surface area contributed by atoms with Crippen LogP contribution in [-0.4, -0.2) is 6.36 Å². The quantitative estimate of drug-likeness (QED) is 0.229. The fourth-order valence-corrected chi connectivity index (χ4v) is 0.0645. The number of nitrogens with zero attached hydrogens (tertiary/aromatic N) is 3. The molecular formula is CF3N3O. The number of hydrogen-bond acceptors (Lipinski definition) is 2. The van der Waals surface area contributed by atoms with E-state index >= 15 is 0 Å². The highest BCUT2D eigenvalue weighted by molar-refractivity contribution is 4.30. The van der Waals surface area contributed by atoms with Gasteiger partial charge in [0.2, 0.25) is 0 Å². The lowest BCUT2D eigenvalue weighted by molar-refractivity contribution is -0.326. The summed E-state index contributed by atoms with van der Waals surface area (Å²) < 4.78 is 32.3. The molecule has 0 aliphatic heterocycles. The largest absolute Gasteiger partial charge is 0.579 e. The van der Waals surface area contributed by atoms with E-state index in [-0.39, 0.29) is 0 Å². The monoisotopic (exact) mass is 127 g/mol. The minimum absolute atomic E-state index is 1.70. The van der Waals surface area contributed by atoms with Gasteiger partial charge < -0.3 is 4.84 Å². The van der Waals surface area contributed by atoms with Gasteiger partial charge in [0, 0.05) is 4.91 Å². The highest BCUT2D eigenvalue weighted by Crippen LogP contribution is 2.15. The van der Waals surface area contributed by atoms with E-state index in [1.54, 1.807) is 10.2 Å². The summed E-state index contributed by atoms with van der Waals surface area (Å²) in [6.45, 7) is 0. The van der Waals surface area contributed by atoms with Crippen LogP contribution in [0.5, 0.6) is 0 Å². The van der Waals surface area contributed by atoms with E-state index in [4.69, 9.17) is 5.53 Å². The van der Waals surface area contributed by atoms with Gasteiger partial charge >= 0.3 is 6.36 Å². The Labute approximate surface area is 41.4 Å². The Balaban J connectivity index is 3.55. The summed E-state index contributed by atoms with van der Waals surface area (Å²) in [6.07, 6.45) is -4.87. The molecule has 0 bridgehead atoms. The van der Waals surface area contributed by atoms with Gasteiger partial charge in [-0.15, -0.1) is 13.2 Å². The molecule has 0 aliphatic carbocycles. The second-order valence-corrected chi connectivity index (χ2v) is 0.708. The van der Waals surface area contributed by atoms with Crippen molar-refractivity contribution in [3.8, 4) is 0 Å². The summed E-state index contributed by atoms with van der Waals surface area (Å²) in [7, 11) is 0. The van der Waals surface area contributed by atoms with Gasteiger partial charge in [0.15, 0.2) is 0 Å². The Morgan fingerprint density at radius 3 is 2.12 bits per heavy atom. The van der Waals surface area contributed by atoms with Crippen molar-refractivity contribution < 1.29 is 18.0 Å². The SMILES string of the molecule is [N-]=[N+]=NOC(F)(F)F. The van der Waals surface area contributed by atoms with Gasteiger partial charge in [-0.05, 0) is 5.53 Å². The van der Waals surface area contributed by atoms with Gasteiger partial charge in [0.05, 0.1) is 0 Å². The Morgan fingerprint density at radius 1 is 1.50 bits per heavy atom. The highest BCUT2D eigenvalue weighted by atomic mass is 19.4. The molecule has 0 N–H and O–H groups in total. The third-order valence-electron chi connectivity index (χ3n) is 0.181. The minimum Gasteiger partial charge on any atom is -0.338 e. The molecule has 8 heavy (non-hydrogen) atoms. The van der Waals surface area contributed by atoms with Crippen molar-refractivity contribution in [2.75, 3.05) is 0 Å². The molecule has 0 aliphatic rings. The van der Waals surface area contributed by atoms with Crippen LogP contribution in [0.4, 0.5) is 13.2 Å². The number of rotatable bonds is 1. The molecule has 0 saturated carbocycles. The molecule has 0 aromatic heterocycles. The second-order valence-electron chi connectivity index (χ2n) is 0.708. The lowest BCUT2D eigenvalue weighted by Gasteiger charge is -1.97. The van der Waals surface area contributed by atoms with Gasteiger partial charge in [0.1, 0.15) is 5.28 Å². The Morgan fingerprint density at radius 2 is 2.00 bits per heavy atom. The van der Waals surface area contributed by atoms with Crippen LogP contribution in [0.15, 0.2) is 5.28 Å². The lowest BCUT2D eigenvalue weighted by Crippen LogP contribution is -2.07. The lowest BCUT2D eigenvalue weighted by atomic mass is 11.4. The molecule has 0 spiro atoms. The first-order valence-corrected chi connectivity index (χ1v) is 1.35. The molecule has 7 heteroatoms. The number of alkyl halides is 3. The van der Waals surface area contributed by atoms with Crippen LogP contribution in [-0.2, 0) is 4.84 Å². The van der Waals surface area contributed by atoms with E-state index in [1.165, 1.54) is 0 Å². The van der Waals surface area contributed by atoms with Gasteiger partial charge in [0.25, 0.3) is 0 Å². The van der Waals surface area contributed by atoms with Crippen LogP contribution in [0.2, 0.25) is 0 Å². The van der Waals surface area contributed by atoms with Gasteiger partial charge in [-0.3, -0.25) is 0 Å². The summed E-state index contributed by atoms with van der Waals surface area (Å²) in [5.74, 6) is 0. The van der Waals surface area contributed by atoms with Crippen molar-refractivity contribution in [2.24, 2.45) is 5.28 Å². The first-order chi connectivity index (χ1) is 3.56. The first kappa shape index (κ1) is 6.90. The molecule has 46 valence electrons. The van der Waals surface area contributed by atoms with Crippen molar-refractivity contribution in [1.29, 1.82) is 0 Å². The van der Waals surface area contributed by atoms with Gasteiger partial charge in [-0.2, -0.15) is 0 Å². The average molecular weight is 127 g/mol. The number of azide groups is 1. The predicted molar refractivity (Wildman–Crippen MR) is 16.3 cm³/mol. The summed E-state index contributed by atoms with van der Waals surface area (Å²) in [6, 6.07) is 0. The van der Waals surface area contributed by atoms with Crippen molar-refractivity contribution in [3.63, 3.8) is 0 Å². The van der Waals surface area contributed by atoms with E-state index in [0.717, 1.165) is 0 Å². The molecule has 0 atom stereocenters. The molecule has 0 unspecified atom stereocenters. The zero-order valence-corrected chi connectivity index (χ0v) is 3.38. The Hall–Kier alpha value is -1.10. The van der Waals surface area contributed by atoms with Gasteiger partial charge in [-0.1, -0.05) is 0 Å². The molecule has 4 nitrogen and oxygen atoms in total. The summed E-state index contributed by atoms with van der Waals surface area (Å²) in [5.41, 5.74) is 7.26. The minimum atomic E-state index is -4.87. The summed E-state index contributed by atoms with van der Waals surface area (Å²) >= 11 is 0. The zero-order chi connectivity index (χ0) is 6.62. The summed E-state index contributed by atoms with van der Waals surface area (Å²) in [5, 5.41) is 1.80. The average Bonchev–Trinajstić information content (AvgIpc) is 1.59. The van der Waals surface area contributed by atoms with Crippen LogP contribution in [0.1, 0.15) is 0 Å². The third kappa shape index (κ3) is 4.90. The molecule has 0 rings (SSSR count). The smallest absolute Gasteiger partial charge is 0.338 e. The molecule has 0 fully saturated rings. The van der Waals surface area contributed by atoms with E-state index in [2.05, 4.69) is 4.84 Å².